The summed E-state index contributed by atoms with van der Waals surface area (Å²) in [6.45, 7) is -0.303. The van der Waals surface area contributed by atoms with Gasteiger partial charge in [0.1, 0.15) is 6.54 Å². The minimum absolute atomic E-state index is 0.00775. The Morgan fingerprint density at radius 1 is 1.21 bits per heavy atom. The van der Waals surface area contributed by atoms with Crippen LogP contribution in [-0.2, 0) is 11.3 Å². The maximum atomic E-state index is 12.0. The summed E-state index contributed by atoms with van der Waals surface area (Å²) >= 11 is 5.82. The van der Waals surface area contributed by atoms with Crippen molar-refractivity contribution >= 4 is 29.1 Å². The standard InChI is InChI=1S/C14H11ClN4O5/c15-11-5-4-9(19(23)24)7-10(11)14(22)17-16-12(20)8-18-6-2-1-3-13(18)21/h1-7H,8H2,(H,16,20)(H,17,22). The molecule has 0 fully saturated rings. The second kappa shape index (κ2) is 7.38. The van der Waals surface area contributed by atoms with Crippen LogP contribution >= 0.6 is 11.6 Å². The lowest BCUT2D eigenvalue weighted by Crippen LogP contribution is -2.44. The Bertz CT molecular complexity index is 864. The number of carbonyl (C=O) groups is 2. The van der Waals surface area contributed by atoms with Crippen LogP contribution in [0, 0.1) is 10.1 Å². The van der Waals surface area contributed by atoms with E-state index in [4.69, 9.17) is 11.6 Å². The molecule has 24 heavy (non-hydrogen) atoms. The van der Waals surface area contributed by atoms with Gasteiger partial charge >= 0.3 is 0 Å². The number of benzene rings is 1. The van der Waals surface area contributed by atoms with Gasteiger partial charge in [-0.05, 0) is 12.1 Å². The molecule has 0 bridgehead atoms. The molecule has 0 aliphatic heterocycles. The normalized spacial score (nSPS) is 10.0. The maximum Gasteiger partial charge on any atom is 0.271 e. The lowest BCUT2D eigenvalue weighted by atomic mass is 10.2. The number of nitro benzene ring substituents is 1. The summed E-state index contributed by atoms with van der Waals surface area (Å²) in [5.41, 5.74) is 3.34. The van der Waals surface area contributed by atoms with E-state index in [1.807, 2.05) is 0 Å². The maximum absolute atomic E-state index is 12.0. The fraction of sp³-hybridized carbons (Fsp3) is 0.0714. The van der Waals surface area contributed by atoms with Crippen molar-refractivity contribution in [3.8, 4) is 0 Å². The van der Waals surface area contributed by atoms with Crippen LogP contribution < -0.4 is 16.4 Å². The second-order valence-electron chi connectivity index (χ2n) is 4.59. The van der Waals surface area contributed by atoms with Gasteiger partial charge in [-0.15, -0.1) is 0 Å². The molecular formula is C14H11ClN4O5. The lowest BCUT2D eigenvalue weighted by Gasteiger charge is -2.09. The quantitative estimate of drug-likeness (QED) is 0.625. The predicted octanol–water partition coefficient (Wildman–Crippen LogP) is 0.871. The van der Waals surface area contributed by atoms with Gasteiger partial charge in [-0.3, -0.25) is 35.3 Å². The molecule has 0 spiro atoms. The molecule has 0 atom stereocenters. The zero-order valence-electron chi connectivity index (χ0n) is 12.1. The summed E-state index contributed by atoms with van der Waals surface area (Å²) in [6, 6.07) is 7.75. The zero-order valence-corrected chi connectivity index (χ0v) is 12.8. The molecule has 0 radical (unpaired) electrons. The van der Waals surface area contributed by atoms with Crippen LogP contribution in [0.25, 0.3) is 0 Å². The highest BCUT2D eigenvalue weighted by Crippen LogP contribution is 2.21. The van der Waals surface area contributed by atoms with Gasteiger partial charge in [0.05, 0.1) is 15.5 Å². The van der Waals surface area contributed by atoms with Crippen molar-refractivity contribution in [2.75, 3.05) is 0 Å². The van der Waals surface area contributed by atoms with E-state index >= 15 is 0 Å². The number of nitrogens with zero attached hydrogens (tertiary/aromatic N) is 2. The summed E-state index contributed by atoms with van der Waals surface area (Å²) in [7, 11) is 0. The molecule has 2 amide bonds. The number of nitro groups is 1. The van der Waals surface area contributed by atoms with Crippen LogP contribution in [0.4, 0.5) is 5.69 Å². The Morgan fingerprint density at radius 2 is 1.96 bits per heavy atom. The van der Waals surface area contributed by atoms with Gasteiger partial charge in [0, 0.05) is 24.4 Å². The van der Waals surface area contributed by atoms with Crippen molar-refractivity contribution < 1.29 is 14.5 Å². The van der Waals surface area contributed by atoms with Gasteiger partial charge < -0.3 is 4.57 Å². The third-order valence-electron chi connectivity index (χ3n) is 2.93. The van der Waals surface area contributed by atoms with E-state index in [1.54, 1.807) is 6.07 Å². The molecule has 0 aliphatic carbocycles. The molecule has 0 saturated heterocycles. The van der Waals surface area contributed by atoms with Crippen molar-refractivity contribution in [1.29, 1.82) is 0 Å². The smallest absolute Gasteiger partial charge is 0.271 e. The first kappa shape index (κ1) is 17.2. The number of carbonyl (C=O) groups excluding carboxylic acids is 2. The van der Waals surface area contributed by atoms with Crippen LogP contribution in [0.3, 0.4) is 0 Å². The first-order valence-corrected chi connectivity index (χ1v) is 6.95. The third kappa shape index (κ3) is 4.17. The van der Waals surface area contributed by atoms with Crippen LogP contribution in [0.5, 0.6) is 0 Å². The van der Waals surface area contributed by atoms with Crippen molar-refractivity contribution in [3.63, 3.8) is 0 Å². The topological polar surface area (TPSA) is 123 Å². The predicted molar refractivity (Wildman–Crippen MR) is 84.4 cm³/mol. The van der Waals surface area contributed by atoms with Crippen molar-refractivity contribution in [3.05, 3.63) is 73.6 Å². The Balaban J connectivity index is 2.02. The van der Waals surface area contributed by atoms with E-state index in [9.17, 15) is 24.5 Å². The molecule has 0 unspecified atom stereocenters. The highest BCUT2D eigenvalue weighted by molar-refractivity contribution is 6.33. The fourth-order valence-corrected chi connectivity index (χ4v) is 1.98. The minimum Gasteiger partial charge on any atom is -0.306 e. The van der Waals surface area contributed by atoms with Crippen LogP contribution in [0.2, 0.25) is 5.02 Å². The third-order valence-corrected chi connectivity index (χ3v) is 3.26. The number of non-ortho nitro benzene ring substituents is 1. The Labute approximate surface area is 140 Å². The number of rotatable bonds is 4. The van der Waals surface area contributed by atoms with Gasteiger partial charge in [-0.2, -0.15) is 0 Å². The molecule has 2 rings (SSSR count). The largest absolute Gasteiger partial charge is 0.306 e. The van der Waals surface area contributed by atoms with Crippen molar-refractivity contribution in [1.82, 2.24) is 15.4 Å². The highest BCUT2D eigenvalue weighted by atomic mass is 35.5. The molecule has 2 aromatic rings. The van der Waals surface area contributed by atoms with E-state index in [0.29, 0.717) is 0 Å². The SMILES string of the molecule is O=C(Cn1ccccc1=O)NNC(=O)c1cc([N+](=O)[O-])ccc1Cl. The van der Waals surface area contributed by atoms with Crippen LogP contribution in [0.1, 0.15) is 10.4 Å². The van der Waals surface area contributed by atoms with Crippen molar-refractivity contribution in [2.45, 2.75) is 6.54 Å². The molecule has 1 heterocycles. The number of hydrazine groups is 1. The number of amides is 2. The summed E-state index contributed by atoms with van der Waals surface area (Å²) in [5, 5.41) is 10.7. The van der Waals surface area contributed by atoms with Crippen molar-refractivity contribution in [2.24, 2.45) is 0 Å². The Kier molecular flexibility index (Phi) is 5.27. The van der Waals surface area contributed by atoms with E-state index in [1.165, 1.54) is 24.4 Å². The van der Waals surface area contributed by atoms with Gasteiger partial charge in [-0.25, -0.2) is 0 Å². The first-order chi connectivity index (χ1) is 11.4. The molecule has 10 heteroatoms. The van der Waals surface area contributed by atoms with Gasteiger partial charge in [0.25, 0.3) is 23.1 Å². The molecule has 124 valence electrons. The molecular weight excluding hydrogens is 340 g/mol. The number of hydrogen-bond acceptors (Lipinski definition) is 5. The number of nitrogens with one attached hydrogen (secondary N) is 2. The Hall–Kier alpha value is -3.20. The monoisotopic (exact) mass is 350 g/mol. The van der Waals surface area contributed by atoms with E-state index < -0.39 is 16.7 Å². The Morgan fingerprint density at radius 3 is 2.62 bits per heavy atom. The number of pyridine rings is 1. The van der Waals surface area contributed by atoms with Crippen LogP contribution in [-0.4, -0.2) is 21.3 Å². The van der Waals surface area contributed by atoms with Gasteiger partial charge in [-0.1, -0.05) is 17.7 Å². The first-order valence-electron chi connectivity index (χ1n) is 6.57. The molecule has 1 aromatic heterocycles. The minimum atomic E-state index is -0.822. The molecule has 9 nitrogen and oxygen atoms in total. The van der Waals surface area contributed by atoms with Crippen LogP contribution in [0.15, 0.2) is 47.4 Å². The second-order valence-corrected chi connectivity index (χ2v) is 5.00. The molecule has 0 saturated carbocycles. The average molecular weight is 351 g/mol. The number of halogens is 1. The molecule has 2 N–H and O–H groups in total. The fourth-order valence-electron chi connectivity index (χ4n) is 1.78. The summed E-state index contributed by atoms with van der Waals surface area (Å²) in [6.07, 6.45) is 1.42. The average Bonchev–Trinajstić information content (AvgIpc) is 2.55. The number of hydrogen-bond donors (Lipinski definition) is 2. The lowest BCUT2D eigenvalue weighted by molar-refractivity contribution is -0.384. The highest BCUT2D eigenvalue weighted by Gasteiger charge is 2.16. The van der Waals surface area contributed by atoms with E-state index in [0.717, 1.165) is 16.7 Å². The summed E-state index contributed by atoms with van der Waals surface area (Å²) < 4.78 is 1.14. The molecule has 0 aliphatic rings. The van der Waals surface area contributed by atoms with Gasteiger partial charge in [0.2, 0.25) is 0 Å². The zero-order chi connectivity index (χ0) is 17.7. The van der Waals surface area contributed by atoms with E-state index in [-0.39, 0.29) is 28.4 Å². The van der Waals surface area contributed by atoms with Gasteiger partial charge in [0.15, 0.2) is 0 Å². The van der Waals surface area contributed by atoms with E-state index in [2.05, 4.69) is 10.9 Å². The summed E-state index contributed by atoms with van der Waals surface area (Å²) in [5.74, 6) is -1.48. The summed E-state index contributed by atoms with van der Waals surface area (Å²) in [4.78, 5) is 45.2. The molecule has 1 aromatic carbocycles. The number of aromatic nitrogens is 1.